The van der Waals surface area contributed by atoms with Gasteiger partial charge in [-0.1, -0.05) is 6.08 Å². The van der Waals surface area contributed by atoms with Crippen LogP contribution in [0.25, 0.3) is 0 Å². The maximum atomic E-state index is 11.0. The Kier molecular flexibility index (Phi) is 3.39. The molecule has 0 aromatic heterocycles. The second-order valence-corrected chi connectivity index (χ2v) is 4.84. The maximum Gasteiger partial charge on any atom is 0.309 e. The molecule has 1 rings (SSSR count). The lowest BCUT2D eigenvalue weighted by Gasteiger charge is -2.29. The summed E-state index contributed by atoms with van der Waals surface area (Å²) in [6, 6.07) is 0. The van der Waals surface area contributed by atoms with Crippen molar-refractivity contribution in [1.82, 2.24) is 5.32 Å². The third-order valence-corrected chi connectivity index (χ3v) is 3.78. The molecule has 0 bridgehead atoms. The molecular weight excluding hydrogens is 186 g/mol. The van der Waals surface area contributed by atoms with E-state index in [1.54, 1.807) is 17.8 Å². The number of carboxylic acids is 1. The van der Waals surface area contributed by atoms with Gasteiger partial charge in [-0.05, 0) is 13.3 Å². The van der Waals surface area contributed by atoms with Gasteiger partial charge in [0.15, 0.2) is 0 Å². The Morgan fingerprint density at radius 3 is 3.00 bits per heavy atom. The summed E-state index contributed by atoms with van der Waals surface area (Å²) in [5.41, 5.74) is 0. The van der Waals surface area contributed by atoms with Crippen molar-refractivity contribution in [3.05, 3.63) is 12.7 Å². The highest BCUT2D eigenvalue weighted by Gasteiger charge is 2.41. The van der Waals surface area contributed by atoms with E-state index >= 15 is 0 Å². The molecule has 1 heterocycles. The van der Waals surface area contributed by atoms with Gasteiger partial charge in [0.25, 0.3) is 0 Å². The van der Waals surface area contributed by atoms with Crippen molar-refractivity contribution in [2.45, 2.75) is 18.2 Å². The minimum atomic E-state index is -0.746. The summed E-state index contributed by atoms with van der Waals surface area (Å²) in [4.78, 5) is 10.7. The quantitative estimate of drug-likeness (QED) is 0.673. The maximum absolute atomic E-state index is 11.0. The van der Waals surface area contributed by atoms with Crippen LogP contribution in [0.15, 0.2) is 12.7 Å². The Balaban J connectivity index is 2.72. The molecular formula is C9H15NO2S. The molecule has 13 heavy (non-hydrogen) atoms. The molecule has 0 aliphatic carbocycles. The molecule has 2 unspecified atom stereocenters. The van der Waals surface area contributed by atoms with Gasteiger partial charge in [-0.3, -0.25) is 4.79 Å². The largest absolute Gasteiger partial charge is 0.481 e. The topological polar surface area (TPSA) is 49.3 Å². The number of allylic oxidation sites excluding steroid dienone is 1. The van der Waals surface area contributed by atoms with E-state index in [1.165, 1.54) is 0 Å². The first-order valence-corrected chi connectivity index (χ1v) is 5.31. The summed E-state index contributed by atoms with van der Waals surface area (Å²) in [6.07, 6.45) is 2.19. The van der Waals surface area contributed by atoms with Crippen LogP contribution >= 0.6 is 11.8 Å². The highest BCUT2D eigenvalue weighted by atomic mass is 32.2. The highest BCUT2D eigenvalue weighted by Crippen LogP contribution is 2.36. The second kappa shape index (κ2) is 4.15. The van der Waals surface area contributed by atoms with Crippen molar-refractivity contribution in [3.63, 3.8) is 0 Å². The predicted molar refractivity (Wildman–Crippen MR) is 54.8 cm³/mol. The lowest BCUT2D eigenvalue weighted by molar-refractivity contribution is -0.142. The summed E-state index contributed by atoms with van der Waals surface area (Å²) in [5.74, 6) is -0.140. The van der Waals surface area contributed by atoms with E-state index in [2.05, 4.69) is 11.9 Å². The molecule has 1 aliphatic heterocycles. The first-order valence-electron chi connectivity index (χ1n) is 4.33. The molecule has 2 atom stereocenters. The molecule has 1 aliphatic rings. The van der Waals surface area contributed by atoms with Crippen LogP contribution in [0.3, 0.4) is 0 Å². The van der Waals surface area contributed by atoms with E-state index in [0.717, 1.165) is 12.3 Å². The van der Waals surface area contributed by atoms with Gasteiger partial charge in [-0.15, -0.1) is 18.3 Å². The van der Waals surface area contributed by atoms with Crippen LogP contribution in [-0.2, 0) is 4.79 Å². The highest BCUT2D eigenvalue weighted by molar-refractivity contribution is 8.00. The molecule has 0 amide bonds. The molecule has 1 fully saturated rings. The van der Waals surface area contributed by atoms with Crippen LogP contribution in [0.4, 0.5) is 0 Å². The van der Waals surface area contributed by atoms with E-state index in [-0.39, 0.29) is 10.8 Å². The van der Waals surface area contributed by atoms with Crippen LogP contribution in [0, 0.1) is 5.92 Å². The van der Waals surface area contributed by atoms with E-state index < -0.39 is 5.97 Å². The van der Waals surface area contributed by atoms with Gasteiger partial charge in [0.05, 0.1) is 10.8 Å². The average molecular weight is 201 g/mol. The van der Waals surface area contributed by atoms with Crippen molar-refractivity contribution >= 4 is 17.7 Å². The zero-order chi connectivity index (χ0) is 9.90. The molecule has 0 saturated carbocycles. The first-order chi connectivity index (χ1) is 6.10. The predicted octanol–water partition coefficient (Wildman–Crippen LogP) is 1.32. The number of hydrogen-bond acceptors (Lipinski definition) is 3. The minimum Gasteiger partial charge on any atom is -0.481 e. The van der Waals surface area contributed by atoms with Gasteiger partial charge < -0.3 is 10.4 Å². The molecule has 0 aromatic rings. The Hall–Kier alpha value is -0.480. The first kappa shape index (κ1) is 10.6. The lowest BCUT2D eigenvalue weighted by Crippen LogP contribution is -2.45. The normalized spacial score (nSPS) is 29.9. The Morgan fingerprint density at radius 2 is 2.62 bits per heavy atom. The van der Waals surface area contributed by atoms with Crippen LogP contribution in [0.2, 0.25) is 0 Å². The Labute approximate surface area is 82.6 Å². The number of aliphatic carboxylic acids is 1. The summed E-state index contributed by atoms with van der Waals surface area (Å²) < 4.78 is 0. The van der Waals surface area contributed by atoms with E-state index in [1.807, 2.05) is 6.92 Å². The van der Waals surface area contributed by atoms with Crippen LogP contribution in [0.5, 0.6) is 0 Å². The average Bonchev–Trinajstić information content (AvgIpc) is 2.48. The van der Waals surface area contributed by atoms with Gasteiger partial charge in [-0.25, -0.2) is 0 Å². The molecule has 0 spiro atoms. The Bertz CT molecular complexity index is 212. The van der Waals surface area contributed by atoms with E-state index in [4.69, 9.17) is 5.11 Å². The fourth-order valence-corrected chi connectivity index (χ4v) is 2.80. The number of rotatable bonds is 4. The third-order valence-electron chi connectivity index (χ3n) is 2.35. The van der Waals surface area contributed by atoms with Crippen LogP contribution in [0.1, 0.15) is 13.3 Å². The summed E-state index contributed by atoms with van der Waals surface area (Å²) in [6.45, 7) is 6.43. The lowest BCUT2D eigenvalue weighted by atomic mass is 9.97. The number of hydrogen-bond donors (Lipinski definition) is 2. The summed E-state index contributed by atoms with van der Waals surface area (Å²) >= 11 is 1.68. The van der Waals surface area contributed by atoms with Crippen molar-refractivity contribution in [2.75, 3.05) is 12.3 Å². The molecule has 2 N–H and O–H groups in total. The van der Waals surface area contributed by atoms with Gasteiger partial charge in [0.1, 0.15) is 0 Å². The monoisotopic (exact) mass is 201 g/mol. The molecule has 0 aromatic carbocycles. The fraction of sp³-hybridized carbons (Fsp3) is 0.667. The molecule has 3 nitrogen and oxygen atoms in total. The summed E-state index contributed by atoms with van der Waals surface area (Å²) in [5, 5.41) is 12.3. The zero-order valence-electron chi connectivity index (χ0n) is 7.75. The number of thioether (sulfide) groups is 1. The van der Waals surface area contributed by atoms with Gasteiger partial charge in [-0.2, -0.15) is 0 Å². The van der Waals surface area contributed by atoms with Gasteiger partial charge in [0.2, 0.25) is 0 Å². The van der Waals surface area contributed by atoms with E-state index in [0.29, 0.717) is 6.42 Å². The van der Waals surface area contributed by atoms with Crippen molar-refractivity contribution in [2.24, 2.45) is 5.92 Å². The zero-order valence-corrected chi connectivity index (χ0v) is 8.56. The molecule has 74 valence electrons. The van der Waals surface area contributed by atoms with Crippen molar-refractivity contribution in [1.29, 1.82) is 0 Å². The van der Waals surface area contributed by atoms with E-state index in [9.17, 15) is 4.79 Å². The van der Waals surface area contributed by atoms with Gasteiger partial charge >= 0.3 is 5.97 Å². The number of carboxylic acid groups (broad SMARTS) is 1. The molecule has 0 radical (unpaired) electrons. The SMILES string of the molecule is C=CCC(C(=O)O)C1(C)NCCS1. The van der Waals surface area contributed by atoms with Gasteiger partial charge in [0, 0.05) is 12.3 Å². The standard InChI is InChI=1S/C9H15NO2S/c1-3-4-7(8(11)12)9(2)10-5-6-13-9/h3,7,10H,1,4-6H2,2H3,(H,11,12). The fourth-order valence-electron chi connectivity index (χ4n) is 1.57. The van der Waals surface area contributed by atoms with Crippen molar-refractivity contribution in [3.8, 4) is 0 Å². The summed E-state index contributed by atoms with van der Waals surface area (Å²) in [7, 11) is 0. The smallest absolute Gasteiger partial charge is 0.309 e. The van der Waals surface area contributed by atoms with Crippen LogP contribution < -0.4 is 5.32 Å². The second-order valence-electron chi connectivity index (χ2n) is 3.30. The molecule has 1 saturated heterocycles. The Morgan fingerprint density at radius 1 is 1.92 bits per heavy atom. The van der Waals surface area contributed by atoms with Crippen molar-refractivity contribution < 1.29 is 9.90 Å². The minimum absolute atomic E-state index is 0.319. The van der Waals surface area contributed by atoms with Crippen LogP contribution in [-0.4, -0.2) is 28.2 Å². The third kappa shape index (κ3) is 2.25. The number of carbonyl (C=O) groups is 1. The molecule has 4 heteroatoms. The number of nitrogens with one attached hydrogen (secondary N) is 1.